The first-order valence-electron chi connectivity index (χ1n) is 17.9. The Bertz CT molecular complexity index is 693. The zero-order valence-corrected chi connectivity index (χ0v) is 25.5. The van der Waals surface area contributed by atoms with Gasteiger partial charge in [-0.1, -0.05) is 51.9 Å². The minimum atomic E-state index is -0.201. The maximum absolute atomic E-state index is 11.1. The maximum Gasteiger partial charge on any atom is 0.0649 e. The summed E-state index contributed by atoms with van der Waals surface area (Å²) in [6, 6.07) is 0. The van der Waals surface area contributed by atoms with Crippen LogP contribution in [0.25, 0.3) is 0 Å². The number of rotatable bonds is 7. The Kier molecular flexibility index (Phi) is 10.8. The van der Waals surface area contributed by atoms with E-state index in [1.54, 1.807) is 0 Å². The quantitative estimate of drug-likeness (QED) is 0.291. The molecule has 5 saturated carbocycles. The molecule has 5 aliphatic carbocycles. The average Bonchev–Trinajstić information content (AvgIpc) is 2.99. The summed E-state index contributed by atoms with van der Waals surface area (Å²) in [5.74, 6) is 2.23. The minimum absolute atomic E-state index is 0.200. The van der Waals surface area contributed by atoms with Crippen LogP contribution in [0.15, 0.2) is 0 Å². The van der Waals surface area contributed by atoms with Gasteiger partial charge in [0.05, 0.1) is 49.0 Å². The summed E-state index contributed by atoms with van der Waals surface area (Å²) in [6.07, 6.45) is 29.0. The molecule has 0 spiro atoms. The minimum Gasteiger partial charge on any atom is -0.393 e. The number of ether oxygens (including phenoxy) is 2. The fraction of sp³-hybridized carbons (Fsp3) is 1.00. The van der Waals surface area contributed by atoms with E-state index in [4.69, 9.17) is 9.47 Å². The molecule has 1 heterocycles. The molecule has 6 rings (SSSR count). The van der Waals surface area contributed by atoms with Crippen molar-refractivity contribution in [2.24, 2.45) is 23.7 Å². The van der Waals surface area contributed by atoms with E-state index in [-0.39, 0.29) is 12.3 Å². The maximum atomic E-state index is 11.1. The molecule has 1 aliphatic heterocycles. The molecule has 6 nitrogen and oxygen atoms in total. The molecule has 0 amide bonds. The summed E-state index contributed by atoms with van der Waals surface area (Å²) in [6.45, 7) is 2.30. The zero-order valence-electron chi connectivity index (χ0n) is 25.5. The Morgan fingerprint density at radius 3 is 1.35 bits per heavy atom. The zero-order chi connectivity index (χ0) is 27.3. The van der Waals surface area contributed by atoms with Crippen LogP contribution in [-0.4, -0.2) is 54.1 Å². The molecule has 230 valence electrons. The predicted octanol–water partition coefficient (Wildman–Crippen LogP) is 6.36. The SMILES string of the molecule is CC1CCC(C2NC(C3CCC(OC4CCCCC4)CC3)NC(C3CCC(OC4CCCCC4)CC3)N2)C(O)C1. The lowest BCUT2D eigenvalue weighted by atomic mass is 9.77. The smallest absolute Gasteiger partial charge is 0.0649 e. The van der Waals surface area contributed by atoms with Crippen molar-refractivity contribution < 1.29 is 14.6 Å². The normalized spacial score (nSPS) is 44.9. The number of hydrogen-bond donors (Lipinski definition) is 4. The third-order valence-corrected chi connectivity index (χ3v) is 11.9. The summed E-state index contributed by atoms with van der Waals surface area (Å²) >= 11 is 0. The molecule has 0 aromatic rings. The van der Waals surface area contributed by atoms with Crippen LogP contribution in [0.2, 0.25) is 0 Å². The number of hydrogen-bond acceptors (Lipinski definition) is 6. The van der Waals surface area contributed by atoms with Crippen LogP contribution in [0, 0.1) is 23.7 Å². The molecule has 6 fully saturated rings. The van der Waals surface area contributed by atoms with E-state index in [1.807, 2.05) is 0 Å². The van der Waals surface area contributed by atoms with Crippen molar-refractivity contribution in [3.05, 3.63) is 0 Å². The van der Waals surface area contributed by atoms with Gasteiger partial charge in [0.25, 0.3) is 0 Å². The van der Waals surface area contributed by atoms with Gasteiger partial charge in [-0.2, -0.15) is 0 Å². The summed E-state index contributed by atoms with van der Waals surface area (Å²) in [7, 11) is 0. The first-order valence-corrected chi connectivity index (χ1v) is 17.9. The van der Waals surface area contributed by atoms with E-state index in [2.05, 4.69) is 22.9 Å². The topological polar surface area (TPSA) is 74.8 Å². The molecule has 0 bridgehead atoms. The number of aliphatic hydroxyl groups is 1. The molecule has 0 aromatic heterocycles. The predicted molar refractivity (Wildman–Crippen MR) is 161 cm³/mol. The Labute approximate surface area is 244 Å². The average molecular weight is 560 g/mol. The van der Waals surface area contributed by atoms with E-state index in [0.29, 0.717) is 60.4 Å². The van der Waals surface area contributed by atoms with E-state index in [0.717, 1.165) is 12.8 Å². The second-order valence-electron chi connectivity index (χ2n) is 14.9. The molecule has 6 aliphatic rings. The third-order valence-electron chi connectivity index (χ3n) is 11.9. The Morgan fingerprint density at radius 2 is 0.900 bits per heavy atom. The Morgan fingerprint density at radius 1 is 0.475 bits per heavy atom. The van der Waals surface area contributed by atoms with Crippen LogP contribution in [-0.2, 0) is 9.47 Å². The molecule has 4 N–H and O–H groups in total. The van der Waals surface area contributed by atoms with E-state index in [1.165, 1.54) is 122 Å². The van der Waals surface area contributed by atoms with Gasteiger partial charge in [-0.15, -0.1) is 0 Å². The largest absolute Gasteiger partial charge is 0.393 e. The van der Waals surface area contributed by atoms with Crippen LogP contribution in [0.5, 0.6) is 0 Å². The third kappa shape index (κ3) is 7.82. The van der Waals surface area contributed by atoms with Crippen molar-refractivity contribution in [3.63, 3.8) is 0 Å². The first kappa shape index (κ1) is 29.8. The Hall–Kier alpha value is -0.240. The molecule has 6 heteroatoms. The molecule has 5 unspecified atom stereocenters. The lowest BCUT2D eigenvalue weighted by Gasteiger charge is -2.50. The van der Waals surface area contributed by atoms with Gasteiger partial charge in [-0.3, -0.25) is 16.0 Å². The van der Waals surface area contributed by atoms with Gasteiger partial charge in [0.15, 0.2) is 0 Å². The summed E-state index contributed by atoms with van der Waals surface area (Å²) < 4.78 is 13.2. The van der Waals surface area contributed by atoms with Gasteiger partial charge in [0, 0.05) is 5.92 Å². The van der Waals surface area contributed by atoms with Crippen molar-refractivity contribution in [1.29, 1.82) is 0 Å². The van der Waals surface area contributed by atoms with Crippen molar-refractivity contribution in [2.45, 2.75) is 191 Å². The van der Waals surface area contributed by atoms with Crippen molar-refractivity contribution >= 4 is 0 Å². The van der Waals surface area contributed by atoms with E-state index >= 15 is 0 Å². The monoisotopic (exact) mass is 559 g/mol. The summed E-state index contributed by atoms with van der Waals surface area (Å²) in [5, 5.41) is 23.3. The highest BCUT2D eigenvalue weighted by molar-refractivity contribution is 4.97. The first-order chi connectivity index (χ1) is 19.6. The Balaban J connectivity index is 1.05. The lowest BCUT2D eigenvalue weighted by molar-refractivity contribution is -0.0649. The second-order valence-corrected chi connectivity index (χ2v) is 14.9. The fourth-order valence-corrected chi connectivity index (χ4v) is 9.34. The van der Waals surface area contributed by atoms with Crippen LogP contribution in [0.1, 0.15) is 142 Å². The van der Waals surface area contributed by atoms with Gasteiger partial charge in [0.2, 0.25) is 0 Å². The van der Waals surface area contributed by atoms with E-state index < -0.39 is 0 Å². The van der Waals surface area contributed by atoms with Gasteiger partial charge in [-0.25, -0.2) is 0 Å². The summed E-state index contributed by atoms with van der Waals surface area (Å²) in [5.41, 5.74) is 0. The van der Waals surface area contributed by atoms with Crippen LogP contribution < -0.4 is 16.0 Å². The molecular formula is C34H61N3O3. The van der Waals surface area contributed by atoms with Crippen molar-refractivity contribution in [3.8, 4) is 0 Å². The van der Waals surface area contributed by atoms with Crippen molar-refractivity contribution in [1.82, 2.24) is 16.0 Å². The van der Waals surface area contributed by atoms with Crippen LogP contribution >= 0.6 is 0 Å². The van der Waals surface area contributed by atoms with Gasteiger partial charge in [0.1, 0.15) is 0 Å². The van der Waals surface area contributed by atoms with Gasteiger partial charge < -0.3 is 14.6 Å². The highest BCUT2D eigenvalue weighted by Gasteiger charge is 2.43. The highest BCUT2D eigenvalue weighted by Crippen LogP contribution is 2.37. The molecule has 40 heavy (non-hydrogen) atoms. The van der Waals surface area contributed by atoms with E-state index in [9.17, 15) is 5.11 Å². The second kappa shape index (κ2) is 14.5. The van der Waals surface area contributed by atoms with Gasteiger partial charge >= 0.3 is 0 Å². The van der Waals surface area contributed by atoms with Crippen molar-refractivity contribution in [2.75, 3.05) is 0 Å². The van der Waals surface area contributed by atoms with Gasteiger partial charge in [-0.05, 0) is 108 Å². The summed E-state index contributed by atoms with van der Waals surface area (Å²) in [4.78, 5) is 0. The molecule has 5 atom stereocenters. The number of nitrogens with one attached hydrogen (secondary N) is 3. The molecule has 0 aromatic carbocycles. The molecular weight excluding hydrogens is 498 g/mol. The highest BCUT2D eigenvalue weighted by atomic mass is 16.5. The standard InChI is InChI=1S/C34H61N3O3/c1-23-12-21-30(31(38)22-23)34-36-32(24-13-17-28(18-14-24)39-26-8-4-2-5-9-26)35-33(37-34)25-15-19-29(20-16-25)40-27-10-6-3-7-11-27/h23-38H,2-22H2,1H3. The van der Waals surface area contributed by atoms with Crippen LogP contribution in [0.4, 0.5) is 0 Å². The molecule has 0 radical (unpaired) electrons. The fourth-order valence-electron chi connectivity index (χ4n) is 9.34. The van der Waals surface area contributed by atoms with Crippen LogP contribution in [0.3, 0.4) is 0 Å². The lowest BCUT2D eigenvalue weighted by Crippen LogP contribution is -2.73. The molecule has 1 saturated heterocycles. The number of aliphatic hydroxyl groups excluding tert-OH is 1.